The molecule has 0 fully saturated rings. The first-order valence-corrected chi connectivity index (χ1v) is 11.2. The maximum absolute atomic E-state index is 12.3. The van der Waals surface area contributed by atoms with Crippen molar-refractivity contribution in [3.63, 3.8) is 0 Å². The van der Waals surface area contributed by atoms with Gasteiger partial charge in [-0.05, 0) is 73.8 Å². The molecule has 0 atom stereocenters. The minimum atomic E-state index is -0.0837. The number of likely N-dealkylation sites (N-methyl/N-ethyl adjacent to an activating group) is 1. The number of carbonyl (C=O) groups is 2. The van der Waals surface area contributed by atoms with E-state index in [1.54, 1.807) is 6.20 Å². The van der Waals surface area contributed by atoms with Crippen molar-refractivity contribution in [2.45, 2.75) is 6.54 Å². The molecule has 34 heavy (non-hydrogen) atoms. The second kappa shape index (κ2) is 8.99. The van der Waals surface area contributed by atoms with Crippen molar-refractivity contribution < 1.29 is 9.59 Å². The zero-order valence-electron chi connectivity index (χ0n) is 19.1. The van der Waals surface area contributed by atoms with Crippen LogP contribution < -0.4 is 16.0 Å². The molecule has 3 heterocycles. The molecule has 0 spiro atoms. The standard InChI is InChI=1S/C26H26N6O2/c1-31(2)13-11-28-25(33)17-3-6-20(7-4-17)30-22-9-10-23(32-14-12-27-24(22)32)18-5-8-21-19(15-18)16-29-26(21)34/h3-10,12,14-15,30H,11,13,16H2,1-2H3,(H,28,33)(H,29,34). The molecule has 3 N–H and O–H groups in total. The topological polar surface area (TPSA) is 90.8 Å². The summed E-state index contributed by atoms with van der Waals surface area (Å²) >= 11 is 0. The number of pyridine rings is 1. The molecule has 0 aliphatic carbocycles. The second-order valence-corrected chi connectivity index (χ2v) is 8.57. The lowest BCUT2D eigenvalue weighted by atomic mass is 10.0. The number of hydrogen-bond donors (Lipinski definition) is 3. The summed E-state index contributed by atoms with van der Waals surface area (Å²) in [6, 6.07) is 17.3. The highest BCUT2D eigenvalue weighted by Crippen LogP contribution is 2.29. The number of benzene rings is 2. The summed E-state index contributed by atoms with van der Waals surface area (Å²) in [7, 11) is 3.95. The van der Waals surface area contributed by atoms with Gasteiger partial charge in [-0.25, -0.2) is 4.98 Å². The quantitative estimate of drug-likeness (QED) is 0.399. The lowest BCUT2D eigenvalue weighted by Gasteiger charge is -2.13. The maximum Gasteiger partial charge on any atom is 0.251 e. The van der Waals surface area contributed by atoms with Crippen LogP contribution in [-0.4, -0.2) is 53.3 Å². The first kappa shape index (κ1) is 21.7. The molecule has 0 radical (unpaired) electrons. The average Bonchev–Trinajstić information content (AvgIpc) is 3.47. The predicted molar refractivity (Wildman–Crippen MR) is 132 cm³/mol. The monoisotopic (exact) mass is 454 g/mol. The molecule has 2 aromatic heterocycles. The van der Waals surface area contributed by atoms with Gasteiger partial charge in [-0.3, -0.25) is 14.0 Å². The zero-order chi connectivity index (χ0) is 23.7. The van der Waals surface area contributed by atoms with E-state index >= 15 is 0 Å². The Kier molecular flexibility index (Phi) is 5.73. The molecule has 2 aromatic carbocycles. The summed E-state index contributed by atoms with van der Waals surface area (Å²) in [5, 5.41) is 9.19. The van der Waals surface area contributed by atoms with Gasteiger partial charge in [0, 0.05) is 48.8 Å². The van der Waals surface area contributed by atoms with Crippen molar-refractivity contribution in [3.8, 4) is 11.3 Å². The number of nitrogens with zero attached hydrogens (tertiary/aromatic N) is 3. The number of nitrogens with one attached hydrogen (secondary N) is 3. The van der Waals surface area contributed by atoms with Crippen molar-refractivity contribution in [2.24, 2.45) is 0 Å². The van der Waals surface area contributed by atoms with Crippen LogP contribution in [0.5, 0.6) is 0 Å². The van der Waals surface area contributed by atoms with Gasteiger partial charge in [-0.15, -0.1) is 0 Å². The summed E-state index contributed by atoms with van der Waals surface area (Å²) in [5.41, 5.74) is 6.88. The fourth-order valence-electron chi connectivity index (χ4n) is 4.09. The van der Waals surface area contributed by atoms with Gasteiger partial charge in [0.25, 0.3) is 11.8 Å². The van der Waals surface area contributed by atoms with E-state index in [-0.39, 0.29) is 11.8 Å². The smallest absolute Gasteiger partial charge is 0.251 e. The number of anilines is 2. The number of amides is 2. The Bertz CT molecular complexity index is 1370. The fraction of sp³-hybridized carbons (Fsp3) is 0.192. The fourth-order valence-corrected chi connectivity index (χ4v) is 4.09. The molecule has 0 unspecified atom stereocenters. The molecule has 0 saturated heterocycles. The van der Waals surface area contributed by atoms with Crippen LogP contribution in [0.4, 0.5) is 11.4 Å². The molecule has 8 heteroatoms. The third-order valence-corrected chi connectivity index (χ3v) is 5.90. The summed E-state index contributed by atoms with van der Waals surface area (Å²) in [5.74, 6) is -0.106. The Labute approximate surface area is 197 Å². The number of aromatic nitrogens is 2. The molecular formula is C26H26N6O2. The Balaban J connectivity index is 1.35. The molecule has 2 amide bonds. The van der Waals surface area contributed by atoms with Gasteiger partial charge in [0.1, 0.15) is 0 Å². The highest BCUT2D eigenvalue weighted by atomic mass is 16.2. The number of fused-ring (bicyclic) bond motifs is 2. The van der Waals surface area contributed by atoms with E-state index < -0.39 is 0 Å². The molecule has 0 bridgehead atoms. The van der Waals surface area contributed by atoms with E-state index in [2.05, 4.69) is 27.0 Å². The lowest BCUT2D eigenvalue weighted by Crippen LogP contribution is -2.31. The predicted octanol–water partition coefficient (Wildman–Crippen LogP) is 3.28. The molecular weight excluding hydrogens is 428 g/mol. The van der Waals surface area contributed by atoms with Crippen LogP contribution in [0.25, 0.3) is 16.9 Å². The number of imidazole rings is 1. The third-order valence-electron chi connectivity index (χ3n) is 5.90. The van der Waals surface area contributed by atoms with Crippen LogP contribution in [0.3, 0.4) is 0 Å². The molecule has 5 rings (SSSR count). The van der Waals surface area contributed by atoms with Crippen molar-refractivity contribution in [3.05, 3.63) is 83.7 Å². The normalized spacial score (nSPS) is 12.6. The Morgan fingerprint density at radius 2 is 1.94 bits per heavy atom. The highest BCUT2D eigenvalue weighted by molar-refractivity contribution is 5.99. The van der Waals surface area contributed by atoms with Gasteiger partial charge < -0.3 is 20.9 Å². The van der Waals surface area contributed by atoms with Crippen molar-refractivity contribution in [1.29, 1.82) is 0 Å². The largest absolute Gasteiger partial charge is 0.352 e. The summed E-state index contributed by atoms with van der Waals surface area (Å²) in [6.07, 6.45) is 3.69. The van der Waals surface area contributed by atoms with Gasteiger partial charge in [0.2, 0.25) is 0 Å². The van der Waals surface area contributed by atoms with Gasteiger partial charge in [0.15, 0.2) is 5.65 Å². The molecule has 8 nitrogen and oxygen atoms in total. The van der Waals surface area contributed by atoms with Crippen LogP contribution in [0.1, 0.15) is 26.3 Å². The zero-order valence-corrected chi connectivity index (χ0v) is 19.1. The molecule has 4 aromatic rings. The Morgan fingerprint density at radius 3 is 2.74 bits per heavy atom. The van der Waals surface area contributed by atoms with Gasteiger partial charge in [-0.2, -0.15) is 0 Å². The summed E-state index contributed by atoms with van der Waals surface area (Å²) < 4.78 is 2.03. The maximum atomic E-state index is 12.3. The highest BCUT2D eigenvalue weighted by Gasteiger charge is 2.19. The van der Waals surface area contributed by atoms with E-state index in [1.807, 2.05) is 78.1 Å². The first-order chi connectivity index (χ1) is 16.5. The SMILES string of the molecule is CN(C)CCNC(=O)c1ccc(Nc2ccc(-c3ccc4c(c3)CNC4=O)n3ccnc23)cc1. The molecule has 172 valence electrons. The number of carbonyl (C=O) groups excluding carboxylic acids is 2. The van der Waals surface area contributed by atoms with E-state index in [4.69, 9.17) is 0 Å². The molecule has 1 aliphatic rings. The molecule has 0 saturated carbocycles. The van der Waals surface area contributed by atoms with Gasteiger partial charge in [0.05, 0.1) is 11.4 Å². The second-order valence-electron chi connectivity index (χ2n) is 8.57. The molecule has 1 aliphatic heterocycles. The Morgan fingerprint density at radius 1 is 1.12 bits per heavy atom. The van der Waals surface area contributed by atoms with Crippen molar-refractivity contribution in [1.82, 2.24) is 24.9 Å². The number of hydrogen-bond acceptors (Lipinski definition) is 5. The van der Waals surface area contributed by atoms with Crippen molar-refractivity contribution in [2.75, 3.05) is 32.5 Å². The first-order valence-electron chi connectivity index (χ1n) is 11.2. The third kappa shape index (κ3) is 4.23. The number of rotatable bonds is 7. The van der Waals surface area contributed by atoms with Gasteiger partial charge >= 0.3 is 0 Å². The van der Waals surface area contributed by atoms with Crippen LogP contribution >= 0.6 is 0 Å². The minimum Gasteiger partial charge on any atom is -0.352 e. The Hall–Kier alpha value is -4.17. The van der Waals surface area contributed by atoms with E-state index in [0.717, 1.165) is 46.0 Å². The van der Waals surface area contributed by atoms with Gasteiger partial charge in [-0.1, -0.05) is 6.07 Å². The van der Waals surface area contributed by atoms with E-state index in [9.17, 15) is 9.59 Å². The van der Waals surface area contributed by atoms with Crippen LogP contribution in [0, 0.1) is 0 Å². The van der Waals surface area contributed by atoms with Crippen LogP contribution in [0.15, 0.2) is 67.0 Å². The van der Waals surface area contributed by atoms with Crippen molar-refractivity contribution >= 4 is 28.8 Å². The lowest BCUT2D eigenvalue weighted by molar-refractivity contribution is 0.0947. The van der Waals surface area contributed by atoms with Crippen LogP contribution in [0.2, 0.25) is 0 Å². The van der Waals surface area contributed by atoms with Crippen LogP contribution in [-0.2, 0) is 6.54 Å². The van der Waals surface area contributed by atoms with E-state index in [0.29, 0.717) is 18.7 Å². The minimum absolute atomic E-state index is 0.0223. The summed E-state index contributed by atoms with van der Waals surface area (Å²) in [6.45, 7) is 1.95. The van der Waals surface area contributed by atoms with E-state index in [1.165, 1.54) is 0 Å². The average molecular weight is 455 g/mol. The summed E-state index contributed by atoms with van der Waals surface area (Å²) in [4.78, 5) is 30.8.